The molecule has 0 radical (unpaired) electrons. The molecule has 1 fully saturated rings. The zero-order valence-corrected chi connectivity index (χ0v) is 15.5. The molecule has 5 nitrogen and oxygen atoms in total. The molecule has 5 unspecified atom stereocenters. The predicted molar refractivity (Wildman–Crippen MR) is 96.6 cm³/mol. The summed E-state index contributed by atoms with van der Waals surface area (Å²) in [4.78, 5) is 14.2. The first-order valence-electron chi connectivity index (χ1n) is 9.58. The van der Waals surface area contributed by atoms with Gasteiger partial charge in [-0.3, -0.25) is 4.79 Å². The van der Waals surface area contributed by atoms with E-state index in [9.17, 15) is 4.79 Å². The van der Waals surface area contributed by atoms with Gasteiger partial charge in [-0.25, -0.2) is 0 Å². The summed E-state index contributed by atoms with van der Waals surface area (Å²) in [5.41, 5.74) is 2.54. The Morgan fingerprint density at radius 3 is 3.00 bits per heavy atom. The van der Waals surface area contributed by atoms with E-state index in [1.807, 2.05) is 19.1 Å². The van der Waals surface area contributed by atoms with E-state index in [-0.39, 0.29) is 23.6 Å². The molecule has 5 rings (SSSR count). The first-order chi connectivity index (χ1) is 12.6. The van der Waals surface area contributed by atoms with Gasteiger partial charge in [0.1, 0.15) is 6.10 Å². The SMILES string of the molecule is CCOc1ccc2c3c1OC1C(OC(C)=O)C=CC4C(C2)N(C)CCC341. The number of esters is 1. The number of hydrogen-bond acceptors (Lipinski definition) is 5. The Morgan fingerprint density at radius 1 is 1.38 bits per heavy atom. The number of carbonyl (C=O) groups is 1. The van der Waals surface area contributed by atoms with Gasteiger partial charge in [0.25, 0.3) is 0 Å². The van der Waals surface area contributed by atoms with Crippen LogP contribution in [0.15, 0.2) is 24.3 Å². The standard InChI is InChI=1S/C21H25NO4/c1-4-24-16-7-5-13-11-15-14-6-8-17(25-12(2)23)20-21(14,9-10-22(15)3)18(13)19(16)26-20/h5-8,14-15,17,20H,4,9-11H2,1-3H3. The molecule has 26 heavy (non-hydrogen) atoms. The first-order valence-corrected chi connectivity index (χ1v) is 9.58. The minimum atomic E-state index is -0.347. The van der Waals surface area contributed by atoms with Crippen LogP contribution in [0.3, 0.4) is 0 Å². The van der Waals surface area contributed by atoms with Crippen molar-refractivity contribution in [3.63, 3.8) is 0 Å². The van der Waals surface area contributed by atoms with Gasteiger partial charge < -0.3 is 19.1 Å². The summed E-state index contributed by atoms with van der Waals surface area (Å²) >= 11 is 0. The summed E-state index contributed by atoms with van der Waals surface area (Å²) in [6.45, 7) is 5.09. The molecule has 0 saturated carbocycles. The second-order valence-electron chi connectivity index (χ2n) is 7.93. The molecule has 1 aromatic rings. The summed E-state index contributed by atoms with van der Waals surface area (Å²) in [7, 11) is 2.22. The molecule has 0 aromatic heterocycles. The maximum Gasteiger partial charge on any atom is 0.303 e. The Hall–Kier alpha value is -2.01. The van der Waals surface area contributed by atoms with Crippen LogP contribution in [-0.4, -0.2) is 49.3 Å². The normalized spacial score (nSPS) is 36.3. The van der Waals surface area contributed by atoms with Gasteiger partial charge in [0.05, 0.1) is 6.61 Å². The number of likely N-dealkylation sites (tertiary alicyclic amines) is 1. The van der Waals surface area contributed by atoms with Gasteiger partial charge in [-0.1, -0.05) is 12.1 Å². The molecule has 138 valence electrons. The average Bonchev–Trinajstić information content (AvgIpc) is 2.96. The van der Waals surface area contributed by atoms with E-state index < -0.39 is 0 Å². The van der Waals surface area contributed by atoms with Crippen molar-refractivity contribution in [1.82, 2.24) is 4.90 Å². The Labute approximate surface area is 153 Å². The van der Waals surface area contributed by atoms with Crippen LogP contribution in [0.4, 0.5) is 0 Å². The topological polar surface area (TPSA) is 48.0 Å². The van der Waals surface area contributed by atoms with Gasteiger partial charge in [0.15, 0.2) is 17.6 Å². The molecule has 0 N–H and O–H groups in total. The van der Waals surface area contributed by atoms with Crippen molar-refractivity contribution < 1.29 is 19.0 Å². The summed E-state index contributed by atoms with van der Waals surface area (Å²) in [5, 5.41) is 0. The second kappa shape index (κ2) is 5.49. The van der Waals surface area contributed by atoms with Crippen molar-refractivity contribution >= 4 is 5.97 Å². The quantitative estimate of drug-likeness (QED) is 0.616. The second-order valence-corrected chi connectivity index (χ2v) is 7.93. The Balaban J connectivity index is 1.72. The molecule has 5 heteroatoms. The first kappa shape index (κ1) is 16.2. The van der Waals surface area contributed by atoms with Gasteiger partial charge in [-0.15, -0.1) is 0 Å². The van der Waals surface area contributed by atoms with Gasteiger partial charge in [0, 0.05) is 29.9 Å². The van der Waals surface area contributed by atoms with Gasteiger partial charge in [-0.2, -0.15) is 0 Å². The van der Waals surface area contributed by atoms with Crippen molar-refractivity contribution in [2.24, 2.45) is 5.92 Å². The molecule has 1 aromatic carbocycles. The highest BCUT2D eigenvalue weighted by atomic mass is 16.6. The predicted octanol–water partition coefficient (Wildman–Crippen LogP) is 2.46. The Kier molecular flexibility index (Phi) is 3.42. The van der Waals surface area contributed by atoms with Crippen LogP contribution in [0.1, 0.15) is 31.4 Å². The molecule has 1 saturated heterocycles. The summed E-state index contributed by atoms with van der Waals surface area (Å²) in [6, 6.07) is 4.70. The molecular weight excluding hydrogens is 330 g/mol. The minimum absolute atomic E-state index is 0.123. The summed E-state index contributed by atoms with van der Waals surface area (Å²) in [5.74, 6) is 1.80. The lowest BCUT2D eigenvalue weighted by Gasteiger charge is -2.56. The smallest absolute Gasteiger partial charge is 0.303 e. The van der Waals surface area contributed by atoms with E-state index in [1.165, 1.54) is 18.1 Å². The van der Waals surface area contributed by atoms with Crippen LogP contribution in [-0.2, 0) is 21.4 Å². The van der Waals surface area contributed by atoms with Crippen LogP contribution in [0, 0.1) is 5.92 Å². The lowest BCUT2D eigenvalue weighted by molar-refractivity contribution is -0.152. The number of ether oxygens (including phenoxy) is 3. The highest BCUT2D eigenvalue weighted by Gasteiger charge is 2.65. The third-order valence-electron chi connectivity index (χ3n) is 6.72. The number of likely N-dealkylation sites (N-methyl/N-ethyl adjacent to an activating group) is 1. The fourth-order valence-corrected chi connectivity index (χ4v) is 5.77. The van der Waals surface area contributed by atoms with E-state index in [1.54, 1.807) is 0 Å². The van der Waals surface area contributed by atoms with Gasteiger partial charge in [0.2, 0.25) is 0 Å². The molecule has 5 atom stereocenters. The Morgan fingerprint density at radius 2 is 2.23 bits per heavy atom. The lowest BCUT2D eigenvalue weighted by Crippen LogP contribution is -2.65. The number of rotatable bonds is 3. The van der Waals surface area contributed by atoms with Crippen LogP contribution in [0.2, 0.25) is 0 Å². The van der Waals surface area contributed by atoms with Crippen molar-refractivity contribution in [3.05, 3.63) is 35.4 Å². The molecule has 2 aliphatic carbocycles. The summed E-state index contributed by atoms with van der Waals surface area (Å²) in [6.07, 6.45) is 5.83. The highest BCUT2D eigenvalue weighted by molar-refractivity contribution is 5.67. The van der Waals surface area contributed by atoms with Crippen molar-refractivity contribution in [3.8, 4) is 11.5 Å². The number of hydrogen-bond donors (Lipinski definition) is 0. The molecule has 4 aliphatic rings. The molecular formula is C21H25NO4. The van der Waals surface area contributed by atoms with Crippen LogP contribution < -0.4 is 9.47 Å². The molecule has 2 bridgehead atoms. The zero-order valence-electron chi connectivity index (χ0n) is 15.5. The maximum atomic E-state index is 11.7. The van der Waals surface area contributed by atoms with Crippen LogP contribution in [0.25, 0.3) is 0 Å². The van der Waals surface area contributed by atoms with E-state index in [0.717, 1.165) is 30.9 Å². The van der Waals surface area contributed by atoms with Gasteiger partial charge >= 0.3 is 5.97 Å². The fraction of sp³-hybridized carbons (Fsp3) is 0.571. The zero-order chi connectivity index (χ0) is 18.1. The van der Waals surface area contributed by atoms with Crippen molar-refractivity contribution in [1.29, 1.82) is 0 Å². The molecule has 0 amide bonds. The van der Waals surface area contributed by atoms with Gasteiger partial charge in [-0.05, 0) is 51.1 Å². The van der Waals surface area contributed by atoms with E-state index in [0.29, 0.717) is 18.6 Å². The minimum Gasteiger partial charge on any atom is -0.490 e. The summed E-state index contributed by atoms with van der Waals surface area (Å²) < 4.78 is 18.1. The largest absolute Gasteiger partial charge is 0.490 e. The monoisotopic (exact) mass is 355 g/mol. The lowest BCUT2D eigenvalue weighted by atomic mass is 9.53. The van der Waals surface area contributed by atoms with E-state index in [2.05, 4.69) is 24.1 Å². The molecule has 1 spiro atoms. The van der Waals surface area contributed by atoms with Crippen LogP contribution >= 0.6 is 0 Å². The molecule has 2 aliphatic heterocycles. The van der Waals surface area contributed by atoms with E-state index in [4.69, 9.17) is 14.2 Å². The molecule has 2 heterocycles. The number of piperidine rings is 1. The van der Waals surface area contributed by atoms with Crippen molar-refractivity contribution in [2.45, 2.75) is 50.4 Å². The number of carbonyl (C=O) groups excluding carboxylic acids is 1. The van der Waals surface area contributed by atoms with Crippen molar-refractivity contribution in [2.75, 3.05) is 20.2 Å². The third-order valence-corrected chi connectivity index (χ3v) is 6.72. The number of benzene rings is 1. The van der Waals surface area contributed by atoms with Crippen LogP contribution in [0.5, 0.6) is 11.5 Å². The maximum absolute atomic E-state index is 11.7. The average molecular weight is 355 g/mol. The number of nitrogens with zero attached hydrogens (tertiary/aromatic N) is 1. The highest BCUT2D eigenvalue weighted by Crippen LogP contribution is 2.62. The van der Waals surface area contributed by atoms with E-state index >= 15 is 0 Å². The third kappa shape index (κ3) is 1.92. The Bertz CT molecular complexity index is 803. The fourth-order valence-electron chi connectivity index (χ4n) is 5.77.